The lowest BCUT2D eigenvalue weighted by molar-refractivity contribution is -0.139. The maximum absolute atomic E-state index is 12.8. The second-order valence-corrected chi connectivity index (χ2v) is 7.47. The van der Waals surface area contributed by atoms with Crippen LogP contribution < -0.4 is 5.73 Å². The lowest BCUT2D eigenvalue weighted by Crippen LogP contribution is -2.60. The molecular formula is C14H25ClN2OS. The summed E-state index contributed by atoms with van der Waals surface area (Å²) in [7, 11) is 0. The minimum atomic E-state index is -0.524. The summed E-state index contributed by atoms with van der Waals surface area (Å²) < 4.78 is 0. The van der Waals surface area contributed by atoms with Gasteiger partial charge in [0.15, 0.2) is 0 Å². The third-order valence-electron chi connectivity index (χ3n) is 4.91. The predicted octanol–water partition coefficient (Wildman–Crippen LogP) is 2.57. The molecule has 5 heteroatoms. The summed E-state index contributed by atoms with van der Waals surface area (Å²) in [4.78, 5) is 14.9. The van der Waals surface area contributed by atoms with E-state index >= 15 is 0 Å². The number of carbonyl (C=O) groups is 1. The van der Waals surface area contributed by atoms with Crippen molar-refractivity contribution in [2.24, 2.45) is 5.73 Å². The molecule has 0 aromatic heterocycles. The Kier molecular flexibility index (Phi) is 5.07. The average Bonchev–Trinajstić information content (AvgIpc) is 2.85. The average molecular weight is 305 g/mol. The fourth-order valence-electron chi connectivity index (χ4n) is 3.85. The van der Waals surface area contributed by atoms with E-state index in [9.17, 15) is 4.79 Å². The van der Waals surface area contributed by atoms with Crippen LogP contribution in [0.3, 0.4) is 0 Å². The minimum absolute atomic E-state index is 0. The molecule has 0 spiro atoms. The Balaban J connectivity index is 0.00000133. The van der Waals surface area contributed by atoms with Gasteiger partial charge in [-0.3, -0.25) is 4.79 Å². The Morgan fingerprint density at radius 1 is 1.16 bits per heavy atom. The number of hydrogen-bond acceptors (Lipinski definition) is 3. The molecule has 2 aliphatic carbocycles. The highest BCUT2D eigenvalue weighted by Crippen LogP contribution is 2.38. The van der Waals surface area contributed by atoms with E-state index in [1.54, 1.807) is 0 Å². The number of nitrogens with two attached hydrogens (primary N) is 1. The van der Waals surface area contributed by atoms with Gasteiger partial charge in [0.25, 0.3) is 0 Å². The van der Waals surface area contributed by atoms with E-state index in [4.69, 9.17) is 5.73 Å². The lowest BCUT2D eigenvalue weighted by atomic mass is 9.90. The Labute approximate surface area is 126 Å². The predicted molar refractivity (Wildman–Crippen MR) is 82.8 cm³/mol. The molecule has 1 amide bonds. The monoisotopic (exact) mass is 304 g/mol. The van der Waals surface area contributed by atoms with E-state index in [1.807, 2.05) is 0 Å². The Morgan fingerprint density at radius 3 is 2.58 bits per heavy atom. The number of amides is 1. The second kappa shape index (κ2) is 6.23. The van der Waals surface area contributed by atoms with Crippen LogP contribution in [0.1, 0.15) is 51.4 Å². The van der Waals surface area contributed by atoms with Gasteiger partial charge in [-0.1, -0.05) is 25.7 Å². The summed E-state index contributed by atoms with van der Waals surface area (Å²) in [5.41, 5.74) is 5.83. The van der Waals surface area contributed by atoms with Gasteiger partial charge in [-0.2, -0.15) is 11.8 Å². The van der Waals surface area contributed by atoms with E-state index in [2.05, 4.69) is 16.7 Å². The normalized spacial score (nSPS) is 33.4. The summed E-state index contributed by atoms with van der Waals surface area (Å²) in [5.74, 6) is 1.36. The van der Waals surface area contributed by atoms with Gasteiger partial charge in [-0.25, -0.2) is 0 Å². The fraction of sp³-hybridized carbons (Fsp3) is 0.929. The van der Waals surface area contributed by atoms with Crippen LogP contribution in [-0.4, -0.2) is 39.9 Å². The summed E-state index contributed by atoms with van der Waals surface area (Å²) in [6.07, 6.45) is 9.14. The maximum Gasteiger partial charge on any atom is 0.242 e. The minimum Gasteiger partial charge on any atom is -0.336 e. The van der Waals surface area contributed by atoms with E-state index in [0.29, 0.717) is 11.3 Å². The zero-order chi connectivity index (χ0) is 12.6. The molecule has 1 aliphatic heterocycles. The fourth-order valence-corrected chi connectivity index (χ4v) is 5.30. The van der Waals surface area contributed by atoms with Crippen molar-refractivity contribution in [2.75, 3.05) is 12.3 Å². The molecule has 110 valence electrons. The zero-order valence-electron chi connectivity index (χ0n) is 11.5. The molecule has 2 saturated carbocycles. The third-order valence-corrected chi connectivity index (χ3v) is 6.31. The number of nitrogens with zero attached hydrogens (tertiary/aromatic N) is 1. The molecule has 0 radical (unpaired) electrons. The van der Waals surface area contributed by atoms with E-state index in [1.165, 1.54) is 25.7 Å². The maximum atomic E-state index is 12.8. The van der Waals surface area contributed by atoms with Crippen LogP contribution in [0.4, 0.5) is 0 Å². The van der Waals surface area contributed by atoms with Crippen LogP contribution in [-0.2, 0) is 4.79 Å². The van der Waals surface area contributed by atoms with Gasteiger partial charge in [-0.15, -0.1) is 12.4 Å². The highest BCUT2D eigenvalue weighted by molar-refractivity contribution is 8.00. The molecule has 19 heavy (non-hydrogen) atoms. The molecule has 3 nitrogen and oxygen atoms in total. The molecule has 2 N–H and O–H groups in total. The van der Waals surface area contributed by atoms with Crippen LogP contribution in [0.2, 0.25) is 0 Å². The van der Waals surface area contributed by atoms with Gasteiger partial charge < -0.3 is 10.6 Å². The molecular weight excluding hydrogens is 280 g/mol. The highest BCUT2D eigenvalue weighted by atomic mass is 35.5. The van der Waals surface area contributed by atoms with Gasteiger partial charge in [0.05, 0.1) is 5.54 Å². The number of thioether (sulfide) groups is 1. The van der Waals surface area contributed by atoms with Crippen molar-refractivity contribution < 1.29 is 4.79 Å². The molecule has 0 aromatic rings. The van der Waals surface area contributed by atoms with E-state index in [-0.39, 0.29) is 18.3 Å². The summed E-state index contributed by atoms with van der Waals surface area (Å²) in [6, 6.07) is 0.478. The number of fused-ring (bicyclic) bond motifs is 1. The molecule has 1 heterocycles. The third kappa shape index (κ3) is 2.91. The molecule has 3 rings (SSSR count). The molecule has 1 saturated heterocycles. The summed E-state index contributed by atoms with van der Waals surface area (Å²) in [6.45, 7) is 0.920. The Morgan fingerprint density at radius 2 is 1.84 bits per heavy atom. The van der Waals surface area contributed by atoms with E-state index < -0.39 is 5.54 Å². The van der Waals surface area contributed by atoms with Crippen LogP contribution in [0, 0.1) is 0 Å². The first-order chi connectivity index (χ1) is 8.71. The van der Waals surface area contributed by atoms with Gasteiger partial charge in [0, 0.05) is 23.6 Å². The topological polar surface area (TPSA) is 46.3 Å². The van der Waals surface area contributed by atoms with Gasteiger partial charge in [-0.05, 0) is 25.7 Å². The van der Waals surface area contributed by atoms with Crippen molar-refractivity contribution in [2.45, 2.75) is 68.2 Å². The zero-order valence-corrected chi connectivity index (χ0v) is 13.1. The van der Waals surface area contributed by atoms with Crippen molar-refractivity contribution in [1.29, 1.82) is 0 Å². The molecule has 2 unspecified atom stereocenters. The van der Waals surface area contributed by atoms with Crippen molar-refractivity contribution in [1.82, 2.24) is 4.90 Å². The quantitative estimate of drug-likeness (QED) is 0.810. The SMILES string of the molecule is Cl.NC1(C(=O)N2CCSC3CCCCC32)CCCC1. The first kappa shape index (κ1) is 15.5. The first-order valence-electron chi connectivity index (χ1n) is 7.42. The second-order valence-electron chi connectivity index (χ2n) is 6.12. The largest absolute Gasteiger partial charge is 0.336 e. The highest BCUT2D eigenvalue weighted by Gasteiger charge is 2.44. The van der Waals surface area contributed by atoms with Crippen LogP contribution in [0.5, 0.6) is 0 Å². The van der Waals surface area contributed by atoms with E-state index in [0.717, 1.165) is 38.0 Å². The van der Waals surface area contributed by atoms with Crippen LogP contribution in [0.25, 0.3) is 0 Å². The summed E-state index contributed by atoms with van der Waals surface area (Å²) in [5, 5.41) is 0.682. The van der Waals surface area contributed by atoms with Crippen molar-refractivity contribution in [3.8, 4) is 0 Å². The molecule has 3 aliphatic rings. The van der Waals surface area contributed by atoms with Crippen molar-refractivity contribution in [3.05, 3.63) is 0 Å². The Bertz CT molecular complexity index is 331. The van der Waals surface area contributed by atoms with Gasteiger partial charge >= 0.3 is 0 Å². The first-order valence-corrected chi connectivity index (χ1v) is 8.47. The number of rotatable bonds is 1. The van der Waals surface area contributed by atoms with Crippen LogP contribution >= 0.6 is 24.2 Å². The molecule has 0 aromatic carbocycles. The molecule has 2 atom stereocenters. The van der Waals surface area contributed by atoms with Crippen molar-refractivity contribution >= 4 is 30.1 Å². The number of hydrogen-bond donors (Lipinski definition) is 1. The molecule has 0 bridgehead atoms. The van der Waals surface area contributed by atoms with Crippen LogP contribution in [0.15, 0.2) is 0 Å². The van der Waals surface area contributed by atoms with Gasteiger partial charge in [0.1, 0.15) is 0 Å². The smallest absolute Gasteiger partial charge is 0.242 e. The van der Waals surface area contributed by atoms with Gasteiger partial charge in [0.2, 0.25) is 5.91 Å². The Hall–Kier alpha value is 0.0700. The number of carbonyl (C=O) groups excluding carboxylic acids is 1. The lowest BCUT2D eigenvalue weighted by Gasteiger charge is -2.46. The molecule has 3 fully saturated rings. The summed E-state index contributed by atoms with van der Waals surface area (Å²) >= 11 is 2.08. The van der Waals surface area contributed by atoms with Crippen molar-refractivity contribution in [3.63, 3.8) is 0 Å². The standard InChI is InChI=1S/C14H24N2OS.ClH/c15-14(7-3-4-8-14)13(17)16-9-10-18-12-6-2-1-5-11(12)16;/h11-12H,1-10,15H2;1H. The number of halogens is 1.